The fourth-order valence-electron chi connectivity index (χ4n) is 3.17. The normalized spacial score (nSPS) is 12.0. The minimum Gasteiger partial charge on any atom is -0.392 e. The van der Waals surface area contributed by atoms with E-state index in [9.17, 15) is 14.7 Å². The Labute approximate surface area is 207 Å². The Balaban J connectivity index is 1.85. The fraction of sp³-hybridized carbons (Fsp3) is 0.0909. The van der Waals surface area contributed by atoms with Gasteiger partial charge in [0.05, 0.1) is 17.5 Å². The molecule has 0 radical (unpaired) electrons. The van der Waals surface area contributed by atoms with E-state index in [4.69, 9.17) is 34.8 Å². The van der Waals surface area contributed by atoms with E-state index in [1.165, 1.54) is 11.8 Å². The van der Waals surface area contributed by atoms with Crippen LogP contribution in [-0.2, 0) is 6.61 Å². The third-order valence-electron chi connectivity index (χ3n) is 4.71. The molecule has 0 spiro atoms. The predicted octanol–water partition coefficient (Wildman–Crippen LogP) is 4.65. The minimum atomic E-state index is -0.716. The molecule has 0 aliphatic carbocycles. The Morgan fingerprint density at radius 3 is 2.39 bits per heavy atom. The van der Waals surface area contributed by atoms with Gasteiger partial charge in [0.2, 0.25) is 0 Å². The standard InChI is InChI=1S/C22H15Cl3N4O3S/c23-14-5-3-12(4-6-14)20(33-21-13(11-30)2-1-7-26-21)19-16(24)8-15(9-17(19)25)29-22(32)28-18(31)10-27-29/h1-10,20,30H,11H2,(H,28,31,32). The van der Waals surface area contributed by atoms with E-state index >= 15 is 0 Å². The fourth-order valence-corrected chi connectivity index (χ4v) is 5.42. The Bertz CT molecular complexity index is 1400. The number of aromatic amines is 1. The third-order valence-corrected chi connectivity index (χ3v) is 6.92. The van der Waals surface area contributed by atoms with E-state index < -0.39 is 16.5 Å². The van der Waals surface area contributed by atoms with Crippen LogP contribution < -0.4 is 11.2 Å². The van der Waals surface area contributed by atoms with Crippen molar-refractivity contribution < 1.29 is 5.11 Å². The van der Waals surface area contributed by atoms with Crippen LogP contribution in [0.4, 0.5) is 0 Å². The number of nitrogens with zero attached hydrogens (tertiary/aromatic N) is 3. The molecule has 2 N–H and O–H groups in total. The second-order valence-corrected chi connectivity index (χ2v) is 9.19. The molecule has 4 aromatic rings. The number of aliphatic hydroxyl groups excluding tert-OH is 1. The maximum Gasteiger partial charge on any atom is 0.349 e. The molecule has 0 amide bonds. The highest BCUT2D eigenvalue weighted by atomic mass is 35.5. The molecule has 0 saturated heterocycles. The first-order valence-electron chi connectivity index (χ1n) is 9.52. The number of aliphatic hydroxyl groups is 1. The lowest BCUT2D eigenvalue weighted by molar-refractivity contribution is 0.278. The van der Waals surface area contributed by atoms with Crippen LogP contribution in [0.5, 0.6) is 0 Å². The van der Waals surface area contributed by atoms with Gasteiger partial charge in [-0.1, -0.05) is 64.8 Å². The summed E-state index contributed by atoms with van der Waals surface area (Å²) in [5.74, 6) is 0. The number of hydrogen-bond acceptors (Lipinski definition) is 6. The van der Waals surface area contributed by atoms with Crippen molar-refractivity contribution in [3.8, 4) is 5.69 Å². The molecule has 0 saturated carbocycles. The summed E-state index contributed by atoms with van der Waals surface area (Å²) in [5.41, 5.74) is 1.07. The molecule has 4 rings (SSSR count). The zero-order valence-corrected chi connectivity index (χ0v) is 19.8. The molecule has 2 aromatic heterocycles. The summed E-state index contributed by atoms with van der Waals surface area (Å²) in [6, 6.07) is 13.9. The Morgan fingerprint density at radius 1 is 1.06 bits per heavy atom. The van der Waals surface area contributed by atoms with E-state index in [1.54, 1.807) is 42.6 Å². The van der Waals surface area contributed by atoms with Crippen LogP contribution in [0, 0.1) is 0 Å². The van der Waals surface area contributed by atoms with Crippen molar-refractivity contribution in [2.75, 3.05) is 0 Å². The summed E-state index contributed by atoms with van der Waals surface area (Å²) in [6.45, 7) is -0.176. The number of benzene rings is 2. The monoisotopic (exact) mass is 520 g/mol. The van der Waals surface area contributed by atoms with Gasteiger partial charge in [-0.25, -0.2) is 9.78 Å². The molecule has 0 fully saturated rings. The molecular formula is C22H15Cl3N4O3S. The van der Waals surface area contributed by atoms with Gasteiger partial charge in [0.25, 0.3) is 5.56 Å². The molecule has 7 nitrogen and oxygen atoms in total. The molecule has 0 aliphatic heterocycles. The maximum atomic E-state index is 12.2. The van der Waals surface area contributed by atoms with Gasteiger partial charge >= 0.3 is 5.69 Å². The van der Waals surface area contributed by atoms with E-state index in [-0.39, 0.29) is 16.7 Å². The number of thioether (sulfide) groups is 1. The number of hydrogen-bond donors (Lipinski definition) is 2. The third kappa shape index (κ3) is 5.15. The number of H-pyrrole nitrogens is 1. The lowest BCUT2D eigenvalue weighted by atomic mass is 10.0. The van der Waals surface area contributed by atoms with Gasteiger partial charge in [-0.2, -0.15) is 9.78 Å². The number of aromatic nitrogens is 4. The molecular weight excluding hydrogens is 507 g/mol. The highest BCUT2D eigenvalue weighted by molar-refractivity contribution is 7.99. The van der Waals surface area contributed by atoms with Gasteiger partial charge < -0.3 is 5.11 Å². The van der Waals surface area contributed by atoms with E-state index in [0.29, 0.717) is 26.9 Å². The molecule has 0 bridgehead atoms. The summed E-state index contributed by atoms with van der Waals surface area (Å²) in [7, 11) is 0. The molecule has 2 heterocycles. The largest absolute Gasteiger partial charge is 0.392 e. The lowest BCUT2D eigenvalue weighted by Crippen LogP contribution is -2.30. The van der Waals surface area contributed by atoms with Gasteiger partial charge in [0, 0.05) is 32.4 Å². The van der Waals surface area contributed by atoms with Crippen LogP contribution in [0.2, 0.25) is 15.1 Å². The molecule has 1 unspecified atom stereocenters. The highest BCUT2D eigenvalue weighted by Crippen LogP contribution is 2.46. The van der Waals surface area contributed by atoms with Crippen LogP contribution >= 0.6 is 46.6 Å². The van der Waals surface area contributed by atoms with Crippen molar-refractivity contribution in [2.45, 2.75) is 16.9 Å². The van der Waals surface area contributed by atoms with Crippen LogP contribution in [-0.4, -0.2) is 24.9 Å². The number of halogens is 3. The molecule has 168 valence electrons. The summed E-state index contributed by atoms with van der Waals surface area (Å²) in [5, 5.41) is 14.9. The van der Waals surface area contributed by atoms with Crippen molar-refractivity contribution in [1.82, 2.24) is 19.7 Å². The van der Waals surface area contributed by atoms with Crippen LogP contribution in [0.25, 0.3) is 5.69 Å². The molecule has 0 aliphatic rings. The quantitative estimate of drug-likeness (QED) is 0.358. The Kier molecular flexibility index (Phi) is 7.21. The van der Waals surface area contributed by atoms with E-state index in [0.717, 1.165) is 16.4 Å². The van der Waals surface area contributed by atoms with Gasteiger partial charge in [-0.3, -0.25) is 9.78 Å². The van der Waals surface area contributed by atoms with Crippen molar-refractivity contribution in [3.05, 3.63) is 114 Å². The number of pyridine rings is 1. The zero-order valence-electron chi connectivity index (χ0n) is 16.7. The SMILES string of the molecule is O=c1cnn(-c2cc(Cl)c(C(Sc3ncccc3CO)c3ccc(Cl)cc3)c(Cl)c2)c(=O)[nH]1. The minimum absolute atomic E-state index is 0.176. The first-order chi connectivity index (χ1) is 15.9. The Morgan fingerprint density at radius 2 is 1.76 bits per heavy atom. The molecule has 33 heavy (non-hydrogen) atoms. The average Bonchev–Trinajstić information content (AvgIpc) is 2.79. The predicted molar refractivity (Wildman–Crippen MR) is 130 cm³/mol. The lowest BCUT2D eigenvalue weighted by Gasteiger charge is -2.21. The van der Waals surface area contributed by atoms with Gasteiger partial charge in [-0.15, -0.1) is 0 Å². The van der Waals surface area contributed by atoms with E-state index in [1.807, 2.05) is 12.1 Å². The van der Waals surface area contributed by atoms with E-state index in [2.05, 4.69) is 15.1 Å². The first-order valence-corrected chi connectivity index (χ1v) is 11.5. The smallest absolute Gasteiger partial charge is 0.349 e. The van der Waals surface area contributed by atoms with Gasteiger partial charge in [0.1, 0.15) is 11.2 Å². The first kappa shape index (κ1) is 23.5. The van der Waals surface area contributed by atoms with Crippen molar-refractivity contribution >= 4 is 46.6 Å². The topological polar surface area (TPSA) is 101 Å². The van der Waals surface area contributed by atoms with Crippen molar-refractivity contribution in [3.63, 3.8) is 0 Å². The molecule has 2 aromatic carbocycles. The van der Waals surface area contributed by atoms with Gasteiger partial charge in [0.15, 0.2) is 0 Å². The maximum absolute atomic E-state index is 12.2. The zero-order chi connectivity index (χ0) is 23.5. The van der Waals surface area contributed by atoms with Crippen LogP contribution in [0.15, 0.2) is 75.5 Å². The van der Waals surface area contributed by atoms with Crippen LogP contribution in [0.1, 0.15) is 21.9 Å². The average molecular weight is 522 g/mol. The highest BCUT2D eigenvalue weighted by Gasteiger charge is 2.24. The summed E-state index contributed by atoms with van der Waals surface area (Å²) in [4.78, 5) is 30.0. The second-order valence-electron chi connectivity index (χ2n) is 6.85. The summed E-state index contributed by atoms with van der Waals surface area (Å²) >= 11 is 20.8. The molecule has 11 heteroatoms. The number of nitrogens with one attached hydrogen (secondary N) is 1. The van der Waals surface area contributed by atoms with Gasteiger partial charge in [-0.05, 0) is 35.9 Å². The summed E-state index contributed by atoms with van der Waals surface area (Å²) in [6.07, 6.45) is 2.63. The number of rotatable bonds is 6. The summed E-state index contributed by atoms with van der Waals surface area (Å²) < 4.78 is 0.996. The van der Waals surface area contributed by atoms with Crippen LogP contribution in [0.3, 0.4) is 0 Å². The molecule has 1 atom stereocenters. The van der Waals surface area contributed by atoms with Crippen molar-refractivity contribution in [1.29, 1.82) is 0 Å². The van der Waals surface area contributed by atoms with Crippen molar-refractivity contribution in [2.24, 2.45) is 0 Å². The Hall–Kier alpha value is -2.62. The second kappa shape index (κ2) is 10.1.